The van der Waals surface area contributed by atoms with E-state index < -0.39 is 0 Å². The minimum absolute atomic E-state index is 0.0650. The normalized spacial score (nSPS) is 11.7. The van der Waals surface area contributed by atoms with Crippen LogP contribution in [0.1, 0.15) is 29.0 Å². The van der Waals surface area contributed by atoms with Gasteiger partial charge in [-0.05, 0) is 53.1 Å². The van der Waals surface area contributed by atoms with E-state index >= 15 is 0 Å². The molecule has 0 fully saturated rings. The molecule has 0 aliphatic heterocycles. The lowest BCUT2D eigenvalue weighted by Crippen LogP contribution is -2.25. The van der Waals surface area contributed by atoms with Crippen LogP contribution in [0.3, 0.4) is 0 Å². The molecule has 1 amide bonds. The van der Waals surface area contributed by atoms with Gasteiger partial charge in [-0.1, -0.05) is 24.3 Å². The fourth-order valence-corrected chi connectivity index (χ4v) is 4.30. The van der Waals surface area contributed by atoms with Crippen LogP contribution < -0.4 is 24.3 Å². The molecular weight excluding hydrogens is 444 g/mol. The summed E-state index contributed by atoms with van der Waals surface area (Å²) < 4.78 is 21.8. The third kappa shape index (κ3) is 5.19. The number of carbonyl (C=O) groups excluding carboxylic acids is 1. The molecule has 1 aromatic heterocycles. The van der Waals surface area contributed by atoms with Gasteiger partial charge in [0.05, 0.1) is 28.4 Å². The Morgan fingerprint density at radius 3 is 2.29 bits per heavy atom. The smallest absolute Gasteiger partial charge is 0.221 e. The number of methoxy groups -OCH3 is 4. The van der Waals surface area contributed by atoms with E-state index in [1.807, 2.05) is 66.9 Å². The lowest BCUT2D eigenvalue weighted by molar-refractivity contribution is -0.121. The lowest BCUT2D eigenvalue weighted by atomic mass is 9.87. The number of carbonyl (C=O) groups is 1. The Balaban J connectivity index is 1.66. The third-order valence-corrected chi connectivity index (χ3v) is 6.14. The maximum atomic E-state index is 13.2. The zero-order valence-corrected chi connectivity index (χ0v) is 20.4. The highest BCUT2D eigenvalue weighted by atomic mass is 16.5. The summed E-state index contributed by atoms with van der Waals surface area (Å²) in [4.78, 5) is 16.5. The number of H-pyrrole nitrogens is 1. The van der Waals surface area contributed by atoms with Crippen LogP contribution in [0.5, 0.6) is 23.0 Å². The van der Waals surface area contributed by atoms with Gasteiger partial charge in [-0.25, -0.2) is 0 Å². The minimum atomic E-state index is -0.240. The second-order valence-electron chi connectivity index (χ2n) is 8.12. The maximum absolute atomic E-state index is 13.2. The summed E-state index contributed by atoms with van der Waals surface area (Å²) in [6.07, 6.45) is 2.20. The molecule has 4 aromatic rings. The molecule has 1 heterocycles. The number of nitrogens with one attached hydrogen (secondary N) is 2. The summed E-state index contributed by atoms with van der Waals surface area (Å²) in [6.45, 7) is 0.429. The monoisotopic (exact) mass is 474 g/mol. The summed E-state index contributed by atoms with van der Waals surface area (Å²) in [7, 11) is 6.49. The number of ether oxygens (including phenoxy) is 4. The van der Waals surface area contributed by atoms with Crippen LogP contribution in [0, 0.1) is 0 Å². The summed E-state index contributed by atoms with van der Waals surface area (Å²) in [5.41, 5.74) is 3.86. The van der Waals surface area contributed by atoms with E-state index in [0.717, 1.165) is 39.1 Å². The molecule has 1 atom stereocenters. The molecule has 0 spiro atoms. The van der Waals surface area contributed by atoms with Gasteiger partial charge < -0.3 is 29.2 Å². The van der Waals surface area contributed by atoms with Crippen molar-refractivity contribution in [2.45, 2.75) is 18.9 Å². The van der Waals surface area contributed by atoms with Gasteiger partial charge in [-0.3, -0.25) is 4.79 Å². The van der Waals surface area contributed by atoms with E-state index in [1.54, 1.807) is 28.4 Å². The van der Waals surface area contributed by atoms with Gasteiger partial charge in [0.2, 0.25) is 5.91 Å². The molecule has 7 heteroatoms. The Labute approximate surface area is 205 Å². The second kappa shape index (κ2) is 10.9. The maximum Gasteiger partial charge on any atom is 0.221 e. The summed E-state index contributed by atoms with van der Waals surface area (Å²) in [6, 6.07) is 19.3. The van der Waals surface area contributed by atoms with Crippen LogP contribution in [-0.4, -0.2) is 39.3 Å². The van der Waals surface area contributed by atoms with Crippen LogP contribution >= 0.6 is 0 Å². The highest BCUT2D eigenvalue weighted by molar-refractivity contribution is 5.91. The zero-order chi connectivity index (χ0) is 24.8. The average molecular weight is 475 g/mol. The van der Waals surface area contributed by atoms with Gasteiger partial charge in [0.1, 0.15) is 11.5 Å². The number of fused-ring (bicyclic) bond motifs is 1. The number of rotatable bonds is 10. The summed E-state index contributed by atoms with van der Waals surface area (Å²) in [5, 5.41) is 4.01. The Kier molecular flexibility index (Phi) is 7.45. The first-order valence-electron chi connectivity index (χ1n) is 11.3. The standard InChI is InChI=1S/C28H30N2O5/c1-32-20-11-8-18(9-12-20)16-30-27(31)15-21(19-10-13-24(33-2)26(14-19)35-4)22-17-29-23-6-5-7-25(34-3)28(22)23/h5-14,17,21,29H,15-16H2,1-4H3,(H,30,31). The fourth-order valence-electron chi connectivity index (χ4n) is 4.30. The molecule has 7 nitrogen and oxygen atoms in total. The largest absolute Gasteiger partial charge is 0.497 e. The van der Waals surface area contributed by atoms with E-state index in [9.17, 15) is 4.79 Å². The van der Waals surface area contributed by atoms with Crippen molar-refractivity contribution in [3.8, 4) is 23.0 Å². The van der Waals surface area contributed by atoms with Crippen LogP contribution in [0.15, 0.2) is 66.9 Å². The number of hydrogen-bond acceptors (Lipinski definition) is 5. The van der Waals surface area contributed by atoms with Crippen molar-refractivity contribution >= 4 is 16.8 Å². The number of benzene rings is 3. The molecule has 0 saturated heterocycles. The predicted molar refractivity (Wildman–Crippen MR) is 136 cm³/mol. The number of hydrogen-bond donors (Lipinski definition) is 2. The van der Waals surface area contributed by atoms with E-state index in [2.05, 4.69) is 10.3 Å². The summed E-state index contributed by atoms with van der Waals surface area (Å²) >= 11 is 0. The van der Waals surface area contributed by atoms with E-state index in [-0.39, 0.29) is 18.2 Å². The Bertz CT molecular complexity index is 1300. The van der Waals surface area contributed by atoms with Crippen LogP contribution in [0.2, 0.25) is 0 Å². The Morgan fingerprint density at radius 2 is 1.60 bits per heavy atom. The number of amides is 1. The molecule has 3 aromatic carbocycles. The first-order chi connectivity index (χ1) is 17.1. The van der Waals surface area contributed by atoms with Crippen molar-refractivity contribution in [3.63, 3.8) is 0 Å². The molecule has 4 rings (SSSR count). The molecule has 0 aliphatic carbocycles. The van der Waals surface area contributed by atoms with Crippen molar-refractivity contribution in [2.75, 3.05) is 28.4 Å². The molecular formula is C28H30N2O5. The molecule has 0 bridgehead atoms. The first-order valence-corrected chi connectivity index (χ1v) is 11.3. The molecule has 0 saturated carbocycles. The number of aromatic nitrogens is 1. The Morgan fingerprint density at radius 1 is 0.857 bits per heavy atom. The quantitative estimate of drug-likeness (QED) is 0.337. The Hall–Kier alpha value is -4.13. The van der Waals surface area contributed by atoms with E-state index in [1.165, 1.54) is 0 Å². The highest BCUT2D eigenvalue weighted by Crippen LogP contribution is 2.40. The summed E-state index contributed by atoms with van der Waals surface area (Å²) in [5.74, 6) is 2.47. The van der Waals surface area contributed by atoms with Crippen molar-refractivity contribution in [2.24, 2.45) is 0 Å². The van der Waals surface area contributed by atoms with E-state index in [4.69, 9.17) is 18.9 Å². The van der Waals surface area contributed by atoms with Crippen molar-refractivity contribution < 1.29 is 23.7 Å². The van der Waals surface area contributed by atoms with Crippen LogP contribution in [0.25, 0.3) is 10.9 Å². The predicted octanol–water partition coefficient (Wildman–Crippen LogP) is 5.04. The zero-order valence-electron chi connectivity index (χ0n) is 20.4. The molecule has 182 valence electrons. The van der Waals surface area contributed by atoms with Crippen LogP contribution in [-0.2, 0) is 11.3 Å². The van der Waals surface area contributed by atoms with Gasteiger partial charge in [-0.2, -0.15) is 0 Å². The van der Waals surface area contributed by atoms with Gasteiger partial charge >= 0.3 is 0 Å². The second-order valence-corrected chi connectivity index (χ2v) is 8.12. The van der Waals surface area contributed by atoms with Crippen molar-refractivity contribution in [3.05, 3.63) is 83.6 Å². The number of aromatic amines is 1. The van der Waals surface area contributed by atoms with Gasteiger partial charge in [0, 0.05) is 36.0 Å². The molecule has 0 radical (unpaired) electrons. The molecule has 2 N–H and O–H groups in total. The van der Waals surface area contributed by atoms with Gasteiger partial charge in [0.25, 0.3) is 0 Å². The highest BCUT2D eigenvalue weighted by Gasteiger charge is 2.24. The molecule has 35 heavy (non-hydrogen) atoms. The van der Waals surface area contributed by atoms with E-state index in [0.29, 0.717) is 18.0 Å². The molecule has 0 aliphatic rings. The van der Waals surface area contributed by atoms with Gasteiger partial charge in [-0.15, -0.1) is 0 Å². The van der Waals surface area contributed by atoms with Crippen molar-refractivity contribution in [1.82, 2.24) is 10.3 Å². The lowest BCUT2D eigenvalue weighted by Gasteiger charge is -2.19. The SMILES string of the molecule is COc1ccc(CNC(=O)CC(c2ccc(OC)c(OC)c2)c2c[nH]c3cccc(OC)c23)cc1. The fraction of sp³-hybridized carbons (Fsp3) is 0.250. The topological polar surface area (TPSA) is 81.8 Å². The third-order valence-electron chi connectivity index (χ3n) is 6.14. The minimum Gasteiger partial charge on any atom is -0.497 e. The van der Waals surface area contributed by atoms with Crippen LogP contribution in [0.4, 0.5) is 0 Å². The first kappa shape index (κ1) is 24.0. The molecule has 1 unspecified atom stereocenters. The van der Waals surface area contributed by atoms with Crippen molar-refractivity contribution in [1.29, 1.82) is 0 Å². The van der Waals surface area contributed by atoms with Gasteiger partial charge in [0.15, 0.2) is 11.5 Å². The average Bonchev–Trinajstić information content (AvgIpc) is 3.34.